The maximum Gasteiger partial charge on any atom is 0.255 e. The first-order chi connectivity index (χ1) is 11.9. The number of nitrogens with zero attached hydrogens (tertiary/aromatic N) is 2. The molecule has 0 radical (unpaired) electrons. The summed E-state index contributed by atoms with van der Waals surface area (Å²) in [7, 11) is 0. The Morgan fingerprint density at radius 3 is 2.15 bits per heavy atom. The van der Waals surface area contributed by atoms with Crippen molar-refractivity contribution in [3.05, 3.63) is 33.8 Å². The number of rotatable bonds is 2. The van der Waals surface area contributed by atoms with Gasteiger partial charge in [-0.3, -0.25) is 9.59 Å². The van der Waals surface area contributed by atoms with Crippen LogP contribution in [0.5, 0.6) is 0 Å². The maximum absolute atomic E-state index is 12.8. The Morgan fingerprint density at radius 2 is 1.54 bits per heavy atom. The summed E-state index contributed by atoms with van der Waals surface area (Å²) in [6.45, 7) is 1.95. The Hall–Kier alpha value is -1.01. The molecule has 8 heteroatoms. The van der Waals surface area contributed by atoms with Gasteiger partial charge in [0.25, 0.3) is 5.91 Å². The molecule has 2 amide bonds. The largest absolute Gasteiger partial charge is 0.338 e. The molecule has 1 heterocycles. The number of carbonyl (C=O) groups is 2. The molecule has 0 aromatic heterocycles. The molecular weight excluding hydrogens is 397 g/mol. The zero-order valence-electron chi connectivity index (χ0n) is 14.5. The number of halogens is 3. The third kappa shape index (κ3) is 4.28. The molecule has 1 saturated heterocycles. The normalized spacial score (nSPS) is 19.7. The van der Waals surface area contributed by atoms with Gasteiger partial charge in [0.15, 0.2) is 0 Å². The Bertz CT molecular complexity index is 670. The van der Waals surface area contributed by atoms with E-state index in [1.807, 2.05) is 0 Å². The van der Waals surface area contributed by atoms with Crippen LogP contribution in [0.3, 0.4) is 0 Å². The molecule has 2 N–H and O–H groups in total. The summed E-state index contributed by atoms with van der Waals surface area (Å²) in [5.74, 6) is -0.125. The second-order valence-corrected chi connectivity index (χ2v) is 7.69. The molecule has 0 spiro atoms. The van der Waals surface area contributed by atoms with Crippen LogP contribution in [0.2, 0.25) is 10.0 Å². The van der Waals surface area contributed by atoms with Gasteiger partial charge in [0.05, 0.1) is 21.1 Å². The fraction of sp³-hybridized carbons (Fsp3) is 0.556. The standard InChI is InChI=1S/C18H23Cl2N3O2.ClH/c19-14-6-4-5-13(15(14)20)16(24)22-9-11-23(12-10-22)17(25)18(21)7-2-1-3-8-18;/h4-6H,1-3,7-12,21H2;1H. The monoisotopic (exact) mass is 419 g/mol. The molecule has 5 nitrogen and oxygen atoms in total. The summed E-state index contributed by atoms with van der Waals surface area (Å²) in [5.41, 5.74) is 6.03. The van der Waals surface area contributed by atoms with Gasteiger partial charge >= 0.3 is 0 Å². The van der Waals surface area contributed by atoms with E-state index < -0.39 is 5.54 Å². The topological polar surface area (TPSA) is 66.6 Å². The smallest absolute Gasteiger partial charge is 0.255 e. The number of hydrogen-bond donors (Lipinski definition) is 1. The zero-order chi connectivity index (χ0) is 18.0. The van der Waals surface area contributed by atoms with Crippen molar-refractivity contribution in [1.29, 1.82) is 0 Å². The average Bonchev–Trinajstić information content (AvgIpc) is 2.63. The Morgan fingerprint density at radius 1 is 0.962 bits per heavy atom. The van der Waals surface area contributed by atoms with Crippen molar-refractivity contribution in [2.24, 2.45) is 5.73 Å². The molecule has 1 aliphatic carbocycles. The van der Waals surface area contributed by atoms with Crippen molar-refractivity contribution >= 4 is 47.4 Å². The number of nitrogens with two attached hydrogens (primary N) is 1. The number of amides is 2. The minimum absolute atomic E-state index is 0. The molecule has 1 saturated carbocycles. The maximum atomic E-state index is 12.8. The van der Waals surface area contributed by atoms with Gasteiger partial charge in [-0.05, 0) is 25.0 Å². The summed E-state index contributed by atoms with van der Waals surface area (Å²) in [6, 6.07) is 5.04. The third-order valence-corrected chi connectivity index (χ3v) is 6.03. The summed E-state index contributed by atoms with van der Waals surface area (Å²) in [6.07, 6.45) is 4.67. The first-order valence-electron chi connectivity index (χ1n) is 8.74. The van der Waals surface area contributed by atoms with Crippen LogP contribution in [0.4, 0.5) is 0 Å². The zero-order valence-corrected chi connectivity index (χ0v) is 16.9. The van der Waals surface area contributed by atoms with Crippen molar-refractivity contribution < 1.29 is 9.59 Å². The predicted octanol–water partition coefficient (Wildman–Crippen LogP) is 3.36. The van der Waals surface area contributed by atoms with Crippen molar-refractivity contribution in [3.63, 3.8) is 0 Å². The molecule has 1 aliphatic heterocycles. The Labute approximate surface area is 170 Å². The van der Waals surface area contributed by atoms with Gasteiger partial charge in [0.2, 0.25) is 5.91 Å². The predicted molar refractivity (Wildman–Crippen MR) is 106 cm³/mol. The number of benzene rings is 1. The van der Waals surface area contributed by atoms with E-state index in [4.69, 9.17) is 28.9 Å². The van der Waals surface area contributed by atoms with Crippen molar-refractivity contribution in [2.45, 2.75) is 37.6 Å². The van der Waals surface area contributed by atoms with Gasteiger partial charge in [-0.1, -0.05) is 48.5 Å². The summed E-state index contributed by atoms with van der Waals surface area (Å²) >= 11 is 12.1. The van der Waals surface area contributed by atoms with Crippen LogP contribution in [0.1, 0.15) is 42.5 Å². The summed E-state index contributed by atoms with van der Waals surface area (Å²) < 4.78 is 0. The second-order valence-electron chi connectivity index (χ2n) is 6.90. The molecule has 1 aromatic rings. The summed E-state index contributed by atoms with van der Waals surface area (Å²) in [5, 5.41) is 0.638. The van der Waals surface area contributed by atoms with Crippen molar-refractivity contribution in [1.82, 2.24) is 9.80 Å². The molecule has 2 aliphatic rings. The summed E-state index contributed by atoms with van der Waals surface area (Å²) in [4.78, 5) is 29.0. The fourth-order valence-electron chi connectivity index (χ4n) is 3.66. The van der Waals surface area contributed by atoms with Crippen LogP contribution in [-0.2, 0) is 4.79 Å². The molecule has 1 aromatic carbocycles. The SMILES string of the molecule is Cl.NC1(C(=O)N2CCN(C(=O)c3cccc(Cl)c3Cl)CC2)CCCCC1. The lowest BCUT2D eigenvalue weighted by Crippen LogP contribution is -2.60. The first-order valence-corrected chi connectivity index (χ1v) is 9.49. The molecule has 2 fully saturated rings. The number of piperazine rings is 1. The molecule has 3 rings (SSSR count). The fourth-order valence-corrected chi connectivity index (χ4v) is 4.04. The second kappa shape index (κ2) is 8.79. The van der Waals surface area contributed by atoms with Crippen LogP contribution in [0.25, 0.3) is 0 Å². The molecule has 0 unspecified atom stereocenters. The van der Waals surface area contributed by atoms with Gasteiger partial charge in [0.1, 0.15) is 0 Å². The number of hydrogen-bond acceptors (Lipinski definition) is 3. The van der Waals surface area contributed by atoms with E-state index in [-0.39, 0.29) is 29.2 Å². The van der Waals surface area contributed by atoms with Crippen LogP contribution in [0, 0.1) is 0 Å². The molecular formula is C18H24Cl3N3O2. The minimum Gasteiger partial charge on any atom is -0.338 e. The van der Waals surface area contributed by atoms with Crippen LogP contribution < -0.4 is 5.73 Å². The number of carbonyl (C=O) groups excluding carboxylic acids is 2. The van der Waals surface area contributed by atoms with Gasteiger partial charge in [-0.15, -0.1) is 12.4 Å². The highest BCUT2D eigenvalue weighted by Gasteiger charge is 2.39. The highest BCUT2D eigenvalue weighted by Crippen LogP contribution is 2.29. The minimum atomic E-state index is -0.722. The lowest BCUT2D eigenvalue weighted by atomic mass is 9.81. The van der Waals surface area contributed by atoms with Crippen molar-refractivity contribution in [3.8, 4) is 0 Å². The molecule has 144 valence electrons. The average molecular weight is 421 g/mol. The highest BCUT2D eigenvalue weighted by atomic mass is 35.5. The van der Waals surface area contributed by atoms with Gasteiger partial charge in [0, 0.05) is 26.2 Å². The van der Waals surface area contributed by atoms with Gasteiger partial charge in [-0.2, -0.15) is 0 Å². The molecule has 0 atom stereocenters. The van der Waals surface area contributed by atoms with Crippen LogP contribution >= 0.6 is 35.6 Å². The Kier molecular flexibility index (Phi) is 7.19. The van der Waals surface area contributed by atoms with E-state index in [1.165, 1.54) is 0 Å². The lowest BCUT2D eigenvalue weighted by Gasteiger charge is -2.41. The Balaban J connectivity index is 0.00000243. The third-order valence-electron chi connectivity index (χ3n) is 5.21. The van der Waals surface area contributed by atoms with E-state index in [9.17, 15) is 9.59 Å². The highest BCUT2D eigenvalue weighted by molar-refractivity contribution is 6.43. The lowest BCUT2D eigenvalue weighted by molar-refractivity contribution is -0.139. The quantitative estimate of drug-likeness (QED) is 0.798. The molecule has 0 bridgehead atoms. The van der Waals surface area contributed by atoms with Gasteiger partial charge < -0.3 is 15.5 Å². The van der Waals surface area contributed by atoms with E-state index in [0.29, 0.717) is 36.8 Å². The first kappa shape index (κ1) is 21.3. The van der Waals surface area contributed by atoms with Gasteiger partial charge in [-0.25, -0.2) is 0 Å². The van der Waals surface area contributed by atoms with E-state index >= 15 is 0 Å². The van der Waals surface area contributed by atoms with E-state index in [0.717, 1.165) is 32.1 Å². The van der Waals surface area contributed by atoms with E-state index in [1.54, 1.807) is 28.0 Å². The van der Waals surface area contributed by atoms with Crippen molar-refractivity contribution in [2.75, 3.05) is 26.2 Å². The molecule has 26 heavy (non-hydrogen) atoms. The van der Waals surface area contributed by atoms with E-state index in [2.05, 4.69) is 0 Å². The van der Waals surface area contributed by atoms with Crippen LogP contribution in [0.15, 0.2) is 18.2 Å². The van der Waals surface area contributed by atoms with Crippen LogP contribution in [-0.4, -0.2) is 53.3 Å².